The van der Waals surface area contributed by atoms with Crippen molar-refractivity contribution < 1.29 is 4.52 Å². The van der Waals surface area contributed by atoms with E-state index in [0.29, 0.717) is 5.69 Å². The van der Waals surface area contributed by atoms with Crippen LogP contribution in [0.1, 0.15) is 11.5 Å². The van der Waals surface area contributed by atoms with Crippen molar-refractivity contribution in [1.82, 2.24) is 5.16 Å². The van der Waals surface area contributed by atoms with Gasteiger partial charge in [-0.15, -0.1) is 0 Å². The average molecular weight is 96.1 g/mol. The minimum Gasteiger partial charge on any atom is -0.361 e. The lowest BCUT2D eigenvalue weighted by Gasteiger charge is -1.65. The predicted octanol–water partition coefficient (Wildman–Crippen LogP) is 1.17. The molecule has 0 aliphatic rings. The second-order valence-electron chi connectivity index (χ2n) is 1.43. The molecule has 1 aromatic rings. The van der Waals surface area contributed by atoms with Crippen LogP contribution in [0.5, 0.6) is 0 Å². The van der Waals surface area contributed by atoms with Gasteiger partial charge in [0.2, 0.25) is 0 Å². The van der Waals surface area contributed by atoms with E-state index in [2.05, 4.69) is 16.6 Å². The highest BCUT2D eigenvalue weighted by atomic mass is 16.5. The first-order chi connectivity index (χ1) is 3.29. The summed E-state index contributed by atoms with van der Waals surface area (Å²) in [6.07, 6.45) is 0. The van der Waals surface area contributed by atoms with E-state index in [1.165, 1.54) is 0 Å². The quantitative estimate of drug-likeness (QED) is 0.484. The third-order valence-electron chi connectivity index (χ3n) is 0.677. The number of hydrogen-bond donors (Lipinski definition) is 0. The van der Waals surface area contributed by atoms with Crippen molar-refractivity contribution in [2.45, 2.75) is 6.92 Å². The smallest absolute Gasteiger partial charge is 0.133 e. The number of aryl methyl sites for hydroxylation is 1. The summed E-state index contributed by atoms with van der Waals surface area (Å²) >= 11 is 0. The van der Waals surface area contributed by atoms with Gasteiger partial charge in [-0.25, -0.2) is 0 Å². The first-order valence-electron chi connectivity index (χ1n) is 2.04. The van der Waals surface area contributed by atoms with Gasteiger partial charge in [-0.1, -0.05) is 5.16 Å². The van der Waals surface area contributed by atoms with E-state index >= 15 is 0 Å². The Balaban J connectivity index is 3.04. The molecular weight excluding hydrogens is 90.1 g/mol. The molecule has 1 aromatic heterocycles. The molecule has 0 saturated carbocycles. The molecule has 2 nitrogen and oxygen atoms in total. The fraction of sp³-hybridized carbons (Fsp3) is 0.200. The molecule has 0 aliphatic heterocycles. The van der Waals surface area contributed by atoms with Crippen molar-refractivity contribution in [2.24, 2.45) is 0 Å². The van der Waals surface area contributed by atoms with E-state index < -0.39 is 0 Å². The monoisotopic (exact) mass is 96.0 g/mol. The van der Waals surface area contributed by atoms with Gasteiger partial charge in [0.25, 0.3) is 0 Å². The zero-order chi connectivity index (χ0) is 5.28. The Bertz CT molecular complexity index is 140. The Morgan fingerprint density at radius 1 is 1.86 bits per heavy atom. The summed E-state index contributed by atoms with van der Waals surface area (Å²) in [7, 11) is 0. The van der Waals surface area contributed by atoms with Gasteiger partial charge in [0, 0.05) is 6.07 Å². The van der Waals surface area contributed by atoms with Crippen LogP contribution in [-0.4, -0.2) is 5.16 Å². The Morgan fingerprint density at radius 2 is 2.57 bits per heavy atom. The minimum absolute atomic E-state index is 0.692. The number of nitrogens with zero attached hydrogens (tertiary/aromatic N) is 1. The second-order valence-corrected chi connectivity index (χ2v) is 1.43. The molecule has 0 unspecified atom stereocenters. The van der Waals surface area contributed by atoms with E-state index in [9.17, 15) is 0 Å². The molecule has 2 heteroatoms. The highest BCUT2D eigenvalue weighted by Crippen LogP contribution is 1.96. The summed E-state index contributed by atoms with van der Waals surface area (Å²) in [6, 6.07) is 1.78. The van der Waals surface area contributed by atoms with Crippen LogP contribution < -0.4 is 0 Å². The van der Waals surface area contributed by atoms with Crippen molar-refractivity contribution in [3.8, 4) is 0 Å². The largest absolute Gasteiger partial charge is 0.361 e. The van der Waals surface area contributed by atoms with Crippen LogP contribution in [0.4, 0.5) is 0 Å². The highest BCUT2D eigenvalue weighted by Gasteiger charge is 1.88. The highest BCUT2D eigenvalue weighted by molar-refractivity contribution is 5.05. The molecule has 1 rings (SSSR count). The number of aromatic nitrogens is 1. The zero-order valence-electron chi connectivity index (χ0n) is 4.14. The van der Waals surface area contributed by atoms with Gasteiger partial charge in [-0.2, -0.15) is 0 Å². The maximum atomic E-state index is 4.65. The van der Waals surface area contributed by atoms with Crippen molar-refractivity contribution in [2.75, 3.05) is 0 Å². The van der Waals surface area contributed by atoms with E-state index in [-0.39, 0.29) is 0 Å². The van der Waals surface area contributed by atoms with E-state index in [4.69, 9.17) is 0 Å². The summed E-state index contributed by atoms with van der Waals surface area (Å²) in [6.45, 7) is 5.37. The van der Waals surface area contributed by atoms with E-state index in [1.54, 1.807) is 6.07 Å². The first kappa shape index (κ1) is 4.37. The molecule has 7 heavy (non-hydrogen) atoms. The van der Waals surface area contributed by atoms with Gasteiger partial charge in [0.1, 0.15) is 5.76 Å². The number of rotatable bonds is 0. The molecule has 1 heterocycles. The molecule has 37 valence electrons. The molecule has 0 aromatic carbocycles. The van der Waals surface area contributed by atoms with E-state index in [0.717, 1.165) is 5.76 Å². The average Bonchev–Trinajstić information content (AvgIpc) is 1.87. The Kier molecular flexibility index (Phi) is 0.855. The maximum absolute atomic E-state index is 4.65. The fourth-order valence-corrected chi connectivity index (χ4v) is 0.418. The predicted molar refractivity (Wildman–Crippen MR) is 25.7 cm³/mol. The van der Waals surface area contributed by atoms with Crippen LogP contribution in [-0.2, 0) is 0 Å². The van der Waals surface area contributed by atoms with Crippen LogP contribution in [0.3, 0.4) is 0 Å². The lowest BCUT2D eigenvalue weighted by atomic mass is 10.4. The minimum atomic E-state index is 0.692. The molecule has 0 aliphatic carbocycles. The maximum Gasteiger partial charge on any atom is 0.133 e. The molecule has 1 radical (unpaired) electrons. The van der Waals surface area contributed by atoms with Crippen molar-refractivity contribution in [1.29, 1.82) is 0 Å². The molecule has 0 atom stereocenters. The molecular formula is C5H6NO. The normalized spacial score (nSPS) is 9.43. The van der Waals surface area contributed by atoms with Gasteiger partial charge in [-0.05, 0) is 13.8 Å². The lowest BCUT2D eigenvalue weighted by molar-refractivity contribution is 0.395. The third kappa shape index (κ3) is 0.796. The van der Waals surface area contributed by atoms with Crippen molar-refractivity contribution in [3.05, 3.63) is 24.4 Å². The second kappa shape index (κ2) is 1.37. The van der Waals surface area contributed by atoms with Crippen LogP contribution in [0, 0.1) is 13.8 Å². The molecule has 0 spiro atoms. The van der Waals surface area contributed by atoms with Crippen LogP contribution in [0.25, 0.3) is 0 Å². The lowest BCUT2D eigenvalue weighted by Crippen LogP contribution is -1.59. The summed E-state index contributed by atoms with van der Waals surface area (Å²) in [5.74, 6) is 0.810. The van der Waals surface area contributed by atoms with Gasteiger partial charge >= 0.3 is 0 Å². The molecule has 0 saturated heterocycles. The summed E-state index contributed by atoms with van der Waals surface area (Å²) < 4.78 is 4.65. The molecule has 0 N–H and O–H groups in total. The number of hydrogen-bond acceptors (Lipinski definition) is 2. The first-order valence-corrected chi connectivity index (χ1v) is 2.04. The van der Waals surface area contributed by atoms with Gasteiger partial charge < -0.3 is 4.52 Å². The van der Waals surface area contributed by atoms with Crippen molar-refractivity contribution >= 4 is 0 Å². The Morgan fingerprint density at radius 3 is 2.71 bits per heavy atom. The summed E-state index contributed by atoms with van der Waals surface area (Å²) in [5, 5.41) is 3.53. The summed E-state index contributed by atoms with van der Waals surface area (Å²) in [4.78, 5) is 0. The van der Waals surface area contributed by atoms with E-state index in [1.807, 2.05) is 6.92 Å². The van der Waals surface area contributed by atoms with Crippen LogP contribution in [0.2, 0.25) is 0 Å². The van der Waals surface area contributed by atoms with Crippen molar-refractivity contribution in [3.63, 3.8) is 0 Å². The van der Waals surface area contributed by atoms with Crippen LogP contribution in [0.15, 0.2) is 10.6 Å². The third-order valence-corrected chi connectivity index (χ3v) is 0.677. The molecule has 0 fully saturated rings. The fourth-order valence-electron chi connectivity index (χ4n) is 0.418. The topological polar surface area (TPSA) is 26.0 Å². The van der Waals surface area contributed by atoms with Gasteiger partial charge in [-0.3, -0.25) is 0 Å². The van der Waals surface area contributed by atoms with Gasteiger partial charge in [0.15, 0.2) is 0 Å². The molecule has 0 bridgehead atoms. The Hall–Kier alpha value is -0.790. The standard InChI is InChI=1S/C5H6NO/c1-4-3-5(2)7-6-4/h3H,1H2,2H3. The Labute approximate surface area is 42.1 Å². The van der Waals surface area contributed by atoms with Crippen LogP contribution >= 0.6 is 0 Å². The van der Waals surface area contributed by atoms with Gasteiger partial charge in [0.05, 0.1) is 5.69 Å². The zero-order valence-corrected chi connectivity index (χ0v) is 4.14. The SMILES string of the molecule is [CH2]c1cc(C)on1. The summed E-state index contributed by atoms with van der Waals surface area (Å²) in [5.41, 5.74) is 0.692. The molecule has 0 amide bonds.